The summed E-state index contributed by atoms with van der Waals surface area (Å²) in [5, 5.41) is 18.6. The second kappa shape index (κ2) is 13.6. The lowest BCUT2D eigenvalue weighted by Gasteiger charge is -2.09. The Kier molecular flexibility index (Phi) is 11.8. The van der Waals surface area contributed by atoms with Gasteiger partial charge in [-0.15, -0.1) is 0 Å². The summed E-state index contributed by atoms with van der Waals surface area (Å²) in [5.41, 5.74) is 0.574. The molecule has 0 aliphatic heterocycles. The molecular formula is C18H27NO6S2. The average molecular weight is 418 g/mol. The van der Waals surface area contributed by atoms with Crippen LogP contribution in [0.25, 0.3) is 0 Å². The minimum atomic E-state index is -0.391. The van der Waals surface area contributed by atoms with Crippen LogP contribution in [0.2, 0.25) is 0 Å². The molecule has 0 aromatic heterocycles. The molecule has 0 bridgehead atoms. The van der Waals surface area contributed by atoms with E-state index in [0.29, 0.717) is 30.1 Å². The molecule has 152 valence electrons. The van der Waals surface area contributed by atoms with Gasteiger partial charge < -0.3 is 24.6 Å². The van der Waals surface area contributed by atoms with Gasteiger partial charge >= 0.3 is 11.9 Å². The topological polar surface area (TPSA) is 96.3 Å². The highest BCUT2D eigenvalue weighted by atomic mass is 33.1. The van der Waals surface area contributed by atoms with Crippen molar-refractivity contribution in [2.45, 2.75) is 19.3 Å². The Morgan fingerprint density at radius 2 is 1.63 bits per heavy atom. The summed E-state index contributed by atoms with van der Waals surface area (Å²) < 4.78 is 10.3. The van der Waals surface area contributed by atoms with Crippen molar-refractivity contribution in [3.05, 3.63) is 23.8 Å². The monoisotopic (exact) mass is 417 g/mol. The number of benzene rings is 1. The van der Waals surface area contributed by atoms with Crippen molar-refractivity contribution in [2.75, 3.05) is 45.4 Å². The molecule has 0 aliphatic rings. The molecule has 0 fully saturated rings. The van der Waals surface area contributed by atoms with E-state index in [2.05, 4.69) is 0 Å². The Morgan fingerprint density at radius 3 is 2.22 bits per heavy atom. The minimum absolute atomic E-state index is 0.0371. The number of hydrogen-bond donors (Lipinski definition) is 2. The lowest BCUT2D eigenvalue weighted by Crippen LogP contribution is -2.15. The number of aromatic hydroxyl groups is 2. The van der Waals surface area contributed by atoms with Gasteiger partial charge in [0.15, 0.2) is 11.5 Å². The van der Waals surface area contributed by atoms with Crippen LogP contribution >= 0.6 is 21.6 Å². The molecule has 0 aliphatic carbocycles. The number of phenols is 2. The van der Waals surface area contributed by atoms with Gasteiger partial charge in [-0.3, -0.25) is 9.59 Å². The molecule has 27 heavy (non-hydrogen) atoms. The van der Waals surface area contributed by atoms with Crippen molar-refractivity contribution >= 4 is 33.5 Å². The number of esters is 2. The second-order valence-corrected chi connectivity index (χ2v) is 8.69. The zero-order valence-electron chi connectivity index (χ0n) is 15.7. The van der Waals surface area contributed by atoms with Gasteiger partial charge in [0.2, 0.25) is 0 Å². The number of carbonyl (C=O) groups is 2. The largest absolute Gasteiger partial charge is 0.504 e. The van der Waals surface area contributed by atoms with E-state index in [1.807, 2.05) is 19.0 Å². The molecule has 0 amide bonds. The first kappa shape index (κ1) is 23.5. The van der Waals surface area contributed by atoms with E-state index in [1.54, 1.807) is 27.7 Å². The third-order valence-corrected chi connectivity index (χ3v) is 5.65. The third kappa shape index (κ3) is 11.7. The van der Waals surface area contributed by atoms with Crippen LogP contribution in [0, 0.1) is 0 Å². The van der Waals surface area contributed by atoms with Gasteiger partial charge in [-0.05, 0) is 44.8 Å². The van der Waals surface area contributed by atoms with E-state index >= 15 is 0 Å². The van der Waals surface area contributed by atoms with Gasteiger partial charge in [0, 0.05) is 17.9 Å². The van der Waals surface area contributed by atoms with Gasteiger partial charge in [-0.25, -0.2) is 0 Å². The smallest absolute Gasteiger partial charge is 0.310 e. The van der Waals surface area contributed by atoms with Crippen LogP contribution in [0.1, 0.15) is 18.4 Å². The van der Waals surface area contributed by atoms with Crippen LogP contribution < -0.4 is 0 Å². The van der Waals surface area contributed by atoms with Crippen LogP contribution in [0.3, 0.4) is 0 Å². The molecular weight excluding hydrogens is 390 g/mol. The van der Waals surface area contributed by atoms with Crippen LogP contribution in [0.5, 0.6) is 11.5 Å². The summed E-state index contributed by atoms with van der Waals surface area (Å²) in [5.74, 6) is 0.276. The third-order valence-electron chi connectivity index (χ3n) is 3.32. The van der Waals surface area contributed by atoms with Gasteiger partial charge in [0.05, 0.1) is 6.42 Å². The van der Waals surface area contributed by atoms with Crippen LogP contribution in [-0.4, -0.2) is 72.4 Å². The molecule has 9 heteroatoms. The number of carbonyl (C=O) groups excluding carboxylic acids is 2. The molecule has 1 rings (SSSR count). The number of nitrogens with zero attached hydrogens (tertiary/aromatic N) is 1. The van der Waals surface area contributed by atoms with E-state index in [4.69, 9.17) is 9.47 Å². The fourth-order valence-corrected chi connectivity index (χ4v) is 3.66. The first-order chi connectivity index (χ1) is 12.9. The second-order valence-electron chi connectivity index (χ2n) is 5.99. The standard InChI is InChI=1S/C18H27NO6S2/c1-19(2)7-3-4-17(22)24-8-10-26-27-11-9-25-18(23)13-14-5-6-15(20)16(21)12-14/h5-6,12,20-21H,3-4,7-11,13H2,1-2H3. The van der Waals surface area contributed by atoms with E-state index in [9.17, 15) is 19.8 Å². The van der Waals surface area contributed by atoms with E-state index in [1.165, 1.54) is 12.1 Å². The molecule has 0 spiro atoms. The number of rotatable bonds is 13. The van der Waals surface area contributed by atoms with Crippen molar-refractivity contribution in [2.24, 2.45) is 0 Å². The van der Waals surface area contributed by atoms with Crippen molar-refractivity contribution in [1.29, 1.82) is 0 Å². The Bertz CT molecular complexity index is 597. The zero-order valence-corrected chi connectivity index (χ0v) is 17.3. The molecule has 0 saturated heterocycles. The summed E-state index contributed by atoms with van der Waals surface area (Å²) in [4.78, 5) is 25.2. The molecule has 2 N–H and O–H groups in total. The molecule has 1 aromatic carbocycles. The van der Waals surface area contributed by atoms with E-state index in [0.717, 1.165) is 13.0 Å². The Morgan fingerprint density at radius 1 is 1.00 bits per heavy atom. The molecule has 0 unspecified atom stereocenters. The van der Waals surface area contributed by atoms with Crippen molar-refractivity contribution in [3.8, 4) is 11.5 Å². The van der Waals surface area contributed by atoms with E-state index in [-0.39, 0.29) is 30.5 Å². The quantitative estimate of drug-likeness (QED) is 0.217. The maximum Gasteiger partial charge on any atom is 0.310 e. The maximum absolute atomic E-state index is 11.7. The fraction of sp³-hybridized carbons (Fsp3) is 0.556. The molecule has 0 radical (unpaired) electrons. The predicted octanol–water partition coefficient (Wildman–Crippen LogP) is 2.45. The summed E-state index contributed by atoms with van der Waals surface area (Å²) >= 11 is 0. The lowest BCUT2D eigenvalue weighted by atomic mass is 10.1. The van der Waals surface area contributed by atoms with Gasteiger partial charge in [-0.1, -0.05) is 27.7 Å². The number of ether oxygens (including phenoxy) is 2. The zero-order chi connectivity index (χ0) is 20.1. The summed E-state index contributed by atoms with van der Waals surface area (Å²) in [6.45, 7) is 1.53. The average Bonchev–Trinajstić information content (AvgIpc) is 2.60. The summed E-state index contributed by atoms with van der Waals surface area (Å²) in [7, 11) is 7.04. The number of hydrogen-bond acceptors (Lipinski definition) is 9. The maximum atomic E-state index is 11.7. The Hall–Kier alpha value is -1.58. The highest BCUT2D eigenvalue weighted by Crippen LogP contribution is 2.25. The van der Waals surface area contributed by atoms with Crippen molar-refractivity contribution < 1.29 is 29.3 Å². The highest BCUT2D eigenvalue weighted by molar-refractivity contribution is 8.76. The SMILES string of the molecule is CN(C)CCCC(=O)OCCSSCCOC(=O)Cc1ccc(O)c(O)c1. The molecule has 0 saturated carbocycles. The molecule has 7 nitrogen and oxygen atoms in total. The first-order valence-corrected chi connectivity index (χ1v) is 11.1. The first-order valence-electron chi connectivity index (χ1n) is 8.59. The van der Waals surface area contributed by atoms with Crippen molar-refractivity contribution in [3.63, 3.8) is 0 Å². The normalized spacial score (nSPS) is 10.8. The Balaban J connectivity index is 1.98. The van der Waals surface area contributed by atoms with Gasteiger partial charge in [0.25, 0.3) is 0 Å². The summed E-state index contributed by atoms with van der Waals surface area (Å²) in [6.07, 6.45) is 1.27. The predicted molar refractivity (Wildman–Crippen MR) is 108 cm³/mol. The van der Waals surface area contributed by atoms with Gasteiger partial charge in [0.1, 0.15) is 13.2 Å². The van der Waals surface area contributed by atoms with Crippen LogP contribution in [-0.2, 0) is 25.5 Å². The highest BCUT2D eigenvalue weighted by Gasteiger charge is 2.08. The number of phenolic OH excluding ortho intramolecular Hbond substituents is 2. The molecule has 0 atom stereocenters. The fourth-order valence-electron chi connectivity index (χ4n) is 2.01. The Labute approximate surface area is 167 Å². The lowest BCUT2D eigenvalue weighted by molar-refractivity contribution is -0.143. The minimum Gasteiger partial charge on any atom is -0.504 e. The van der Waals surface area contributed by atoms with Crippen LogP contribution in [0.4, 0.5) is 0 Å². The van der Waals surface area contributed by atoms with E-state index < -0.39 is 5.97 Å². The molecule has 0 heterocycles. The van der Waals surface area contributed by atoms with Crippen molar-refractivity contribution in [1.82, 2.24) is 4.90 Å². The van der Waals surface area contributed by atoms with Gasteiger partial charge in [-0.2, -0.15) is 0 Å². The summed E-state index contributed by atoms with van der Waals surface area (Å²) in [6, 6.07) is 4.23. The molecule has 1 aromatic rings. The van der Waals surface area contributed by atoms with Crippen LogP contribution in [0.15, 0.2) is 18.2 Å².